The lowest BCUT2D eigenvalue weighted by Crippen LogP contribution is -2.04. The maximum Gasteiger partial charge on any atom is 0.337 e. The molecule has 0 amide bonds. The molecule has 0 spiro atoms. The minimum atomic E-state index is -0.433. The number of esters is 1. The molecule has 5 nitrogen and oxygen atoms in total. The van der Waals surface area contributed by atoms with E-state index in [0.717, 1.165) is 0 Å². The quantitative estimate of drug-likeness (QED) is 0.641. The van der Waals surface area contributed by atoms with Crippen LogP contribution < -0.4 is 4.74 Å². The lowest BCUT2D eigenvalue weighted by molar-refractivity contribution is 0.0600. The fraction of sp³-hybridized carbons (Fsp3) is 0.154. The average molecular weight is 313 g/mol. The topological polar surface area (TPSA) is 61.3 Å². The summed E-state index contributed by atoms with van der Waals surface area (Å²) in [5.41, 5.74) is 1.06. The minimum absolute atomic E-state index is 0.142. The zero-order valence-corrected chi connectivity index (χ0v) is 12.0. The van der Waals surface area contributed by atoms with E-state index in [-0.39, 0.29) is 11.9 Å². The van der Waals surface area contributed by atoms with Crippen LogP contribution >= 0.6 is 23.2 Å². The first-order chi connectivity index (χ1) is 9.60. The normalized spacial score (nSPS) is 10.2. The van der Waals surface area contributed by atoms with Crippen LogP contribution in [0.3, 0.4) is 0 Å². The standard InChI is InChI=1S/C13H10Cl2N2O3/c1-19-12(18)8-2-3-11(14)9(4-8)7-20-10-5-16-13(15)17-6-10/h2-6H,7H2,1H3. The van der Waals surface area contributed by atoms with Gasteiger partial charge >= 0.3 is 5.97 Å². The zero-order valence-electron chi connectivity index (χ0n) is 10.5. The van der Waals surface area contributed by atoms with Crippen molar-refractivity contribution in [1.29, 1.82) is 0 Å². The van der Waals surface area contributed by atoms with Crippen LogP contribution in [-0.4, -0.2) is 23.0 Å². The van der Waals surface area contributed by atoms with Gasteiger partial charge in [0.1, 0.15) is 6.61 Å². The SMILES string of the molecule is COC(=O)c1ccc(Cl)c(COc2cnc(Cl)nc2)c1. The molecule has 0 aliphatic carbocycles. The Morgan fingerprint density at radius 3 is 2.60 bits per heavy atom. The monoisotopic (exact) mass is 312 g/mol. The number of halogens is 2. The summed E-state index contributed by atoms with van der Waals surface area (Å²) in [6, 6.07) is 4.82. The maximum atomic E-state index is 11.4. The van der Waals surface area contributed by atoms with Crippen LogP contribution in [0.5, 0.6) is 5.75 Å². The van der Waals surface area contributed by atoms with Gasteiger partial charge in [0, 0.05) is 10.6 Å². The third kappa shape index (κ3) is 3.59. The minimum Gasteiger partial charge on any atom is -0.486 e. The average Bonchev–Trinajstić information content (AvgIpc) is 2.47. The molecule has 0 N–H and O–H groups in total. The third-order valence-corrected chi connectivity index (χ3v) is 3.02. The summed E-state index contributed by atoms with van der Waals surface area (Å²) in [5.74, 6) is 0.0201. The van der Waals surface area contributed by atoms with Gasteiger partial charge in [0.15, 0.2) is 5.75 Å². The van der Waals surface area contributed by atoms with Gasteiger partial charge in [-0.25, -0.2) is 14.8 Å². The third-order valence-electron chi connectivity index (χ3n) is 2.46. The largest absolute Gasteiger partial charge is 0.486 e. The fourth-order valence-corrected chi connectivity index (χ4v) is 1.74. The van der Waals surface area contributed by atoms with Crippen molar-refractivity contribution in [3.8, 4) is 5.75 Å². The van der Waals surface area contributed by atoms with Gasteiger partial charge in [0.25, 0.3) is 0 Å². The van der Waals surface area contributed by atoms with E-state index in [4.69, 9.17) is 27.9 Å². The Kier molecular flexibility index (Phi) is 4.76. The van der Waals surface area contributed by atoms with Crippen LogP contribution in [0.15, 0.2) is 30.6 Å². The molecule has 2 rings (SSSR count). The summed E-state index contributed by atoms with van der Waals surface area (Å²) in [6.07, 6.45) is 2.90. The van der Waals surface area contributed by atoms with Crippen molar-refractivity contribution >= 4 is 29.2 Å². The van der Waals surface area contributed by atoms with E-state index < -0.39 is 5.97 Å². The van der Waals surface area contributed by atoms with E-state index in [2.05, 4.69) is 14.7 Å². The first-order valence-corrected chi connectivity index (χ1v) is 6.33. The smallest absolute Gasteiger partial charge is 0.337 e. The predicted octanol–water partition coefficient (Wildman–Crippen LogP) is 3.15. The van der Waals surface area contributed by atoms with Crippen LogP contribution in [0.4, 0.5) is 0 Å². The van der Waals surface area contributed by atoms with Crippen molar-refractivity contribution in [2.75, 3.05) is 7.11 Å². The number of aromatic nitrogens is 2. The highest BCUT2D eigenvalue weighted by Gasteiger charge is 2.09. The molecule has 0 fully saturated rings. The van der Waals surface area contributed by atoms with Gasteiger partial charge in [-0.1, -0.05) is 11.6 Å². The number of carbonyl (C=O) groups is 1. The highest BCUT2D eigenvalue weighted by atomic mass is 35.5. The first kappa shape index (κ1) is 14.6. The van der Waals surface area contributed by atoms with Crippen molar-refractivity contribution in [1.82, 2.24) is 9.97 Å². The summed E-state index contributed by atoms with van der Waals surface area (Å²) in [4.78, 5) is 19.0. The Hall–Kier alpha value is -1.85. The van der Waals surface area contributed by atoms with Gasteiger partial charge in [0.2, 0.25) is 5.28 Å². The van der Waals surface area contributed by atoms with Crippen molar-refractivity contribution in [2.45, 2.75) is 6.61 Å². The van der Waals surface area contributed by atoms with Crippen LogP contribution in [0.25, 0.3) is 0 Å². The van der Waals surface area contributed by atoms with E-state index in [9.17, 15) is 4.79 Å². The Balaban J connectivity index is 2.12. The highest BCUT2D eigenvalue weighted by Crippen LogP contribution is 2.20. The Morgan fingerprint density at radius 2 is 1.95 bits per heavy atom. The van der Waals surface area contributed by atoms with Gasteiger partial charge in [-0.2, -0.15) is 0 Å². The molecule has 0 saturated carbocycles. The molecule has 104 valence electrons. The lowest BCUT2D eigenvalue weighted by Gasteiger charge is -2.08. The van der Waals surface area contributed by atoms with Gasteiger partial charge in [-0.05, 0) is 29.8 Å². The van der Waals surface area contributed by atoms with E-state index in [1.54, 1.807) is 18.2 Å². The number of benzene rings is 1. The molecule has 1 aromatic heterocycles. The highest BCUT2D eigenvalue weighted by molar-refractivity contribution is 6.31. The molecule has 0 aliphatic heterocycles. The Morgan fingerprint density at radius 1 is 1.25 bits per heavy atom. The molecule has 0 unspecified atom stereocenters. The number of hydrogen-bond acceptors (Lipinski definition) is 5. The molecule has 1 aromatic carbocycles. The van der Waals surface area contributed by atoms with Gasteiger partial charge in [-0.15, -0.1) is 0 Å². The Labute approximate surface area is 125 Å². The number of carbonyl (C=O) groups excluding carboxylic acids is 1. The number of rotatable bonds is 4. The molecule has 0 saturated heterocycles. The molecular formula is C13H10Cl2N2O3. The summed E-state index contributed by atoms with van der Waals surface area (Å²) in [6.45, 7) is 0.175. The molecule has 1 heterocycles. The second kappa shape index (κ2) is 6.54. The molecule has 0 radical (unpaired) electrons. The van der Waals surface area contributed by atoms with Crippen molar-refractivity contribution in [2.24, 2.45) is 0 Å². The van der Waals surface area contributed by atoms with Crippen LogP contribution in [0.2, 0.25) is 10.3 Å². The van der Waals surface area contributed by atoms with Crippen molar-refractivity contribution in [3.05, 3.63) is 52.0 Å². The zero-order chi connectivity index (χ0) is 14.5. The van der Waals surface area contributed by atoms with Crippen molar-refractivity contribution in [3.63, 3.8) is 0 Å². The number of ether oxygens (including phenoxy) is 2. The second-order valence-corrected chi connectivity index (χ2v) is 4.52. The lowest BCUT2D eigenvalue weighted by atomic mass is 10.1. The number of nitrogens with zero attached hydrogens (tertiary/aromatic N) is 2. The van der Waals surface area contributed by atoms with E-state index in [1.165, 1.54) is 19.5 Å². The fourth-order valence-electron chi connectivity index (χ4n) is 1.47. The number of methoxy groups -OCH3 is 1. The van der Waals surface area contributed by atoms with Crippen molar-refractivity contribution < 1.29 is 14.3 Å². The molecular weight excluding hydrogens is 303 g/mol. The maximum absolute atomic E-state index is 11.4. The van der Waals surface area contributed by atoms with Crippen LogP contribution in [0.1, 0.15) is 15.9 Å². The molecule has 2 aromatic rings. The first-order valence-electron chi connectivity index (χ1n) is 5.57. The molecule has 0 bridgehead atoms. The van der Waals surface area contributed by atoms with Gasteiger partial charge in [-0.3, -0.25) is 0 Å². The van der Waals surface area contributed by atoms with E-state index in [0.29, 0.717) is 21.9 Å². The molecule has 0 aliphatic rings. The van der Waals surface area contributed by atoms with Crippen LogP contribution in [-0.2, 0) is 11.3 Å². The Bertz CT molecular complexity index is 618. The summed E-state index contributed by atoms with van der Waals surface area (Å²) in [7, 11) is 1.32. The molecule has 7 heteroatoms. The molecule has 20 heavy (non-hydrogen) atoms. The van der Waals surface area contributed by atoms with E-state index in [1.807, 2.05) is 0 Å². The van der Waals surface area contributed by atoms with Gasteiger partial charge in [0.05, 0.1) is 25.1 Å². The summed E-state index contributed by atoms with van der Waals surface area (Å²) in [5, 5.41) is 0.635. The number of hydrogen-bond donors (Lipinski definition) is 0. The van der Waals surface area contributed by atoms with Gasteiger partial charge < -0.3 is 9.47 Å². The second-order valence-electron chi connectivity index (χ2n) is 3.77. The van der Waals surface area contributed by atoms with E-state index >= 15 is 0 Å². The summed E-state index contributed by atoms with van der Waals surface area (Å²) >= 11 is 11.6. The summed E-state index contributed by atoms with van der Waals surface area (Å²) < 4.78 is 10.1. The van der Waals surface area contributed by atoms with Crippen LogP contribution in [0, 0.1) is 0 Å². The molecule has 0 atom stereocenters. The predicted molar refractivity (Wildman–Crippen MR) is 74.2 cm³/mol.